The number of ketones is 1. The molecule has 1 aliphatic heterocycles. The number of Topliss-reactive ketones (excluding diaryl/α,β-unsaturated/α-hetero) is 1. The Morgan fingerprint density at radius 3 is 2.69 bits per heavy atom. The van der Waals surface area contributed by atoms with Crippen molar-refractivity contribution >= 4 is 11.7 Å². The van der Waals surface area contributed by atoms with Gasteiger partial charge in [0, 0.05) is 19.6 Å². The molecular formula is C20H27NO5. The monoisotopic (exact) mass is 361 g/mol. The van der Waals surface area contributed by atoms with E-state index in [1.54, 1.807) is 26.2 Å². The van der Waals surface area contributed by atoms with E-state index < -0.39 is 17.7 Å². The Hall–Kier alpha value is -2.34. The number of aliphatic hydroxyl groups is 1. The maximum absolute atomic E-state index is 12.6. The molecule has 142 valence electrons. The van der Waals surface area contributed by atoms with Gasteiger partial charge in [-0.1, -0.05) is 19.1 Å². The zero-order valence-corrected chi connectivity index (χ0v) is 15.8. The second kappa shape index (κ2) is 8.85. The highest BCUT2D eigenvalue weighted by molar-refractivity contribution is 6.08. The maximum atomic E-state index is 12.6. The summed E-state index contributed by atoms with van der Waals surface area (Å²) < 4.78 is 10.8. The fourth-order valence-corrected chi connectivity index (χ4v) is 3.07. The van der Waals surface area contributed by atoms with Gasteiger partial charge in [0.05, 0.1) is 24.8 Å². The Bertz CT molecular complexity index is 695. The lowest BCUT2D eigenvalue weighted by Crippen LogP contribution is -2.32. The van der Waals surface area contributed by atoms with Crippen molar-refractivity contribution in [1.82, 2.24) is 4.90 Å². The standard InChI is InChI=1S/C20H27NO5/c1-5-16(22)17-18(14-8-6-9-15(12-14)25-4)21(20(24)19(17)23)10-7-11-26-13(2)3/h6,8-9,12-13,18,23H,5,7,10-11H2,1-4H3. The zero-order valence-electron chi connectivity index (χ0n) is 15.8. The molecule has 0 saturated carbocycles. The molecule has 0 radical (unpaired) electrons. The van der Waals surface area contributed by atoms with Crippen LogP contribution in [0.25, 0.3) is 0 Å². The van der Waals surface area contributed by atoms with Crippen LogP contribution in [0, 0.1) is 0 Å². The van der Waals surface area contributed by atoms with E-state index in [4.69, 9.17) is 9.47 Å². The molecule has 6 nitrogen and oxygen atoms in total. The average Bonchev–Trinajstić information content (AvgIpc) is 2.89. The Kier molecular flexibility index (Phi) is 6.80. The Balaban J connectivity index is 2.33. The number of hydrogen-bond acceptors (Lipinski definition) is 5. The van der Waals surface area contributed by atoms with Crippen molar-refractivity contribution in [3.05, 3.63) is 41.2 Å². The van der Waals surface area contributed by atoms with Gasteiger partial charge in [0.2, 0.25) is 0 Å². The summed E-state index contributed by atoms with van der Waals surface area (Å²) in [5.41, 5.74) is 0.902. The van der Waals surface area contributed by atoms with Gasteiger partial charge in [0.25, 0.3) is 5.91 Å². The van der Waals surface area contributed by atoms with Gasteiger partial charge in [0.1, 0.15) is 5.75 Å². The first-order valence-corrected chi connectivity index (χ1v) is 8.93. The first kappa shape index (κ1) is 20.0. The smallest absolute Gasteiger partial charge is 0.290 e. The van der Waals surface area contributed by atoms with Crippen LogP contribution >= 0.6 is 0 Å². The molecule has 0 fully saturated rings. The van der Waals surface area contributed by atoms with Crippen LogP contribution in [0.5, 0.6) is 5.75 Å². The van der Waals surface area contributed by atoms with E-state index in [9.17, 15) is 14.7 Å². The number of benzene rings is 1. The van der Waals surface area contributed by atoms with Crippen LogP contribution in [0.4, 0.5) is 0 Å². The lowest BCUT2D eigenvalue weighted by molar-refractivity contribution is -0.129. The average molecular weight is 361 g/mol. The first-order chi connectivity index (χ1) is 12.4. The first-order valence-electron chi connectivity index (χ1n) is 8.93. The van der Waals surface area contributed by atoms with Gasteiger partial charge < -0.3 is 19.5 Å². The lowest BCUT2D eigenvalue weighted by Gasteiger charge is -2.27. The summed E-state index contributed by atoms with van der Waals surface area (Å²) in [6.07, 6.45) is 0.949. The molecule has 0 aromatic heterocycles. The molecule has 26 heavy (non-hydrogen) atoms. The van der Waals surface area contributed by atoms with Crippen LogP contribution in [0.3, 0.4) is 0 Å². The predicted molar refractivity (Wildman–Crippen MR) is 98.1 cm³/mol. The second-order valence-electron chi connectivity index (χ2n) is 6.49. The van der Waals surface area contributed by atoms with E-state index in [1.807, 2.05) is 26.0 Å². The highest BCUT2D eigenvalue weighted by Crippen LogP contribution is 2.39. The normalized spacial score (nSPS) is 17.3. The van der Waals surface area contributed by atoms with E-state index in [2.05, 4.69) is 0 Å². The summed E-state index contributed by atoms with van der Waals surface area (Å²) in [4.78, 5) is 26.6. The van der Waals surface area contributed by atoms with Crippen LogP contribution in [-0.4, -0.2) is 48.1 Å². The van der Waals surface area contributed by atoms with Gasteiger partial charge >= 0.3 is 0 Å². The van der Waals surface area contributed by atoms with E-state index in [-0.39, 0.29) is 23.9 Å². The number of methoxy groups -OCH3 is 1. The fourth-order valence-electron chi connectivity index (χ4n) is 3.07. The van der Waals surface area contributed by atoms with E-state index in [0.717, 1.165) is 5.56 Å². The summed E-state index contributed by atoms with van der Waals surface area (Å²) in [6, 6.07) is 6.62. The lowest BCUT2D eigenvalue weighted by atomic mass is 9.95. The van der Waals surface area contributed by atoms with E-state index in [1.165, 1.54) is 4.90 Å². The number of aliphatic hydroxyl groups excluding tert-OH is 1. The van der Waals surface area contributed by atoms with E-state index in [0.29, 0.717) is 25.3 Å². The van der Waals surface area contributed by atoms with Gasteiger partial charge in [-0.2, -0.15) is 0 Å². The van der Waals surface area contributed by atoms with Crippen molar-refractivity contribution in [3.63, 3.8) is 0 Å². The number of hydrogen-bond donors (Lipinski definition) is 1. The zero-order chi connectivity index (χ0) is 19.3. The molecule has 1 unspecified atom stereocenters. The molecule has 1 amide bonds. The number of nitrogens with zero attached hydrogens (tertiary/aromatic N) is 1. The van der Waals surface area contributed by atoms with Crippen LogP contribution in [0.2, 0.25) is 0 Å². The van der Waals surface area contributed by atoms with Gasteiger partial charge in [-0.05, 0) is 38.0 Å². The third-order valence-corrected chi connectivity index (χ3v) is 4.33. The summed E-state index contributed by atoms with van der Waals surface area (Å²) in [5, 5.41) is 10.3. The third-order valence-electron chi connectivity index (χ3n) is 4.33. The van der Waals surface area contributed by atoms with Crippen molar-refractivity contribution in [2.75, 3.05) is 20.3 Å². The third kappa shape index (κ3) is 4.25. The molecule has 1 atom stereocenters. The Morgan fingerprint density at radius 1 is 1.35 bits per heavy atom. The molecule has 1 heterocycles. The van der Waals surface area contributed by atoms with Gasteiger partial charge in [-0.25, -0.2) is 0 Å². The summed E-state index contributed by atoms with van der Waals surface area (Å²) in [7, 11) is 1.56. The van der Waals surface area contributed by atoms with Gasteiger partial charge in [-0.3, -0.25) is 9.59 Å². The largest absolute Gasteiger partial charge is 0.503 e. The van der Waals surface area contributed by atoms with Crippen LogP contribution in [-0.2, 0) is 14.3 Å². The summed E-state index contributed by atoms with van der Waals surface area (Å²) >= 11 is 0. The van der Waals surface area contributed by atoms with Crippen LogP contribution < -0.4 is 4.74 Å². The van der Waals surface area contributed by atoms with Crippen molar-refractivity contribution < 1.29 is 24.2 Å². The topological polar surface area (TPSA) is 76.1 Å². The molecule has 0 saturated heterocycles. The molecule has 0 spiro atoms. The minimum absolute atomic E-state index is 0.113. The fraction of sp³-hybridized carbons (Fsp3) is 0.500. The molecule has 1 N–H and O–H groups in total. The molecular weight excluding hydrogens is 334 g/mol. The molecule has 1 aromatic carbocycles. The molecule has 0 bridgehead atoms. The number of carbonyl (C=O) groups is 2. The molecule has 6 heteroatoms. The van der Waals surface area contributed by atoms with Gasteiger partial charge in [0.15, 0.2) is 11.5 Å². The summed E-state index contributed by atoms with van der Waals surface area (Å²) in [5.74, 6) is -0.564. The highest BCUT2D eigenvalue weighted by atomic mass is 16.5. The number of carbonyl (C=O) groups excluding carboxylic acids is 2. The van der Waals surface area contributed by atoms with Crippen molar-refractivity contribution in [1.29, 1.82) is 0 Å². The number of ether oxygens (including phenoxy) is 2. The Morgan fingerprint density at radius 2 is 2.08 bits per heavy atom. The molecule has 1 aromatic rings. The van der Waals surface area contributed by atoms with Gasteiger partial charge in [-0.15, -0.1) is 0 Å². The maximum Gasteiger partial charge on any atom is 0.290 e. The minimum Gasteiger partial charge on any atom is -0.503 e. The summed E-state index contributed by atoms with van der Waals surface area (Å²) in [6.45, 7) is 6.51. The molecule has 2 rings (SSSR count). The van der Waals surface area contributed by atoms with Crippen molar-refractivity contribution in [2.24, 2.45) is 0 Å². The SMILES string of the molecule is CCC(=O)C1=C(O)C(=O)N(CCCOC(C)C)C1c1cccc(OC)c1. The Labute approximate surface area is 154 Å². The molecule has 1 aliphatic rings. The number of rotatable bonds is 9. The van der Waals surface area contributed by atoms with E-state index >= 15 is 0 Å². The van der Waals surface area contributed by atoms with Crippen LogP contribution in [0.1, 0.15) is 45.2 Å². The van der Waals surface area contributed by atoms with Crippen molar-refractivity contribution in [2.45, 2.75) is 45.8 Å². The van der Waals surface area contributed by atoms with Crippen molar-refractivity contribution in [3.8, 4) is 5.75 Å². The second-order valence-corrected chi connectivity index (χ2v) is 6.49. The highest BCUT2D eigenvalue weighted by Gasteiger charge is 2.42. The molecule has 0 aliphatic carbocycles. The quantitative estimate of drug-likeness (QED) is 0.684. The minimum atomic E-state index is -0.607. The predicted octanol–water partition coefficient (Wildman–Crippen LogP) is 3.18. The number of amides is 1. The van der Waals surface area contributed by atoms with Crippen LogP contribution in [0.15, 0.2) is 35.6 Å².